The monoisotopic (exact) mass is 271 g/mol. The van der Waals surface area contributed by atoms with E-state index in [0.29, 0.717) is 19.4 Å². The van der Waals surface area contributed by atoms with Crippen LogP contribution in [-0.4, -0.2) is 43.7 Å². The number of hydrogen-bond acceptors (Lipinski definition) is 5. The van der Waals surface area contributed by atoms with Crippen molar-refractivity contribution in [2.45, 2.75) is 50.6 Å². The summed E-state index contributed by atoms with van der Waals surface area (Å²) in [5.74, 6) is -0.652. The van der Waals surface area contributed by atoms with E-state index >= 15 is 0 Å². The Morgan fingerprint density at radius 2 is 2.21 bits per heavy atom. The average molecular weight is 271 g/mol. The Morgan fingerprint density at radius 3 is 2.79 bits per heavy atom. The van der Waals surface area contributed by atoms with E-state index in [4.69, 9.17) is 20.8 Å². The Morgan fingerprint density at radius 1 is 1.47 bits per heavy atom. The van der Waals surface area contributed by atoms with Crippen LogP contribution in [0.3, 0.4) is 0 Å². The molecule has 0 aromatic carbocycles. The number of alkyl carbamates (subject to hydrolysis) is 1. The standard InChI is InChI=1S/C12H18N2O5/c1-11(2)17-8-7-12(13-3,19-9(8)18-11)5-6-14-10(15)16-4/h3,8-9H,5-7H2,1-2,4H3/p+1/t8-,9+,12?/m1/s1. The number of fused-ring (bicyclic) bond motifs is 1. The predicted octanol–water partition coefficient (Wildman–Crippen LogP) is 1.29. The second kappa shape index (κ2) is 4.96. The number of carbonyl (C=O) groups excluding carboxylic acids is 1. The Kier molecular flexibility index (Phi) is 3.67. The highest BCUT2D eigenvalue weighted by molar-refractivity contribution is 5.66. The molecular weight excluding hydrogens is 252 g/mol. The molecule has 2 rings (SSSR count). The third-order valence-corrected chi connectivity index (χ3v) is 3.20. The molecule has 19 heavy (non-hydrogen) atoms. The van der Waals surface area contributed by atoms with Crippen LogP contribution in [0.25, 0.3) is 4.85 Å². The van der Waals surface area contributed by atoms with Gasteiger partial charge in [-0.3, -0.25) is 4.74 Å². The summed E-state index contributed by atoms with van der Waals surface area (Å²) in [6, 6.07) is 0. The molecule has 2 heterocycles. The molecule has 0 radical (unpaired) electrons. The number of carbonyl (C=O) groups is 1. The van der Waals surface area contributed by atoms with Crippen molar-refractivity contribution in [1.82, 2.24) is 5.32 Å². The highest BCUT2D eigenvalue weighted by Gasteiger charge is 2.61. The molecule has 0 spiro atoms. The van der Waals surface area contributed by atoms with Gasteiger partial charge in [-0.05, 0) is 18.7 Å². The maximum absolute atomic E-state index is 11.0. The minimum Gasteiger partial charge on any atom is -0.453 e. The fraction of sp³-hybridized carbons (Fsp3) is 0.833. The molecule has 2 aliphatic rings. The van der Waals surface area contributed by atoms with E-state index in [9.17, 15) is 4.79 Å². The molecule has 0 aliphatic carbocycles. The second-order valence-electron chi connectivity index (χ2n) is 5.11. The molecule has 7 heteroatoms. The summed E-state index contributed by atoms with van der Waals surface area (Å²) < 4.78 is 21.5. The van der Waals surface area contributed by atoms with Gasteiger partial charge in [-0.15, -0.1) is 0 Å². The van der Waals surface area contributed by atoms with Crippen LogP contribution >= 0.6 is 0 Å². The summed E-state index contributed by atoms with van der Waals surface area (Å²) in [6.07, 6.45) is -0.237. The molecule has 106 valence electrons. The molecule has 0 aromatic heterocycles. The lowest BCUT2D eigenvalue weighted by Crippen LogP contribution is -2.35. The van der Waals surface area contributed by atoms with E-state index in [1.807, 2.05) is 13.8 Å². The van der Waals surface area contributed by atoms with Crippen molar-refractivity contribution in [3.8, 4) is 6.57 Å². The predicted molar refractivity (Wildman–Crippen MR) is 65.6 cm³/mol. The van der Waals surface area contributed by atoms with Crippen LogP contribution < -0.4 is 5.32 Å². The molecule has 0 aromatic rings. The van der Waals surface area contributed by atoms with Crippen LogP contribution in [0.15, 0.2) is 0 Å². The molecule has 2 aliphatic heterocycles. The van der Waals surface area contributed by atoms with Crippen LogP contribution in [0, 0.1) is 6.57 Å². The van der Waals surface area contributed by atoms with Gasteiger partial charge < -0.3 is 19.5 Å². The van der Waals surface area contributed by atoms with E-state index in [0.717, 1.165) is 0 Å². The molecule has 3 atom stereocenters. The van der Waals surface area contributed by atoms with Gasteiger partial charge in [0.15, 0.2) is 12.1 Å². The fourth-order valence-electron chi connectivity index (χ4n) is 2.36. The maximum atomic E-state index is 11.0. The average Bonchev–Trinajstić information content (AvgIpc) is 2.79. The minimum atomic E-state index is -0.882. The van der Waals surface area contributed by atoms with Crippen LogP contribution in [0.2, 0.25) is 0 Å². The largest absolute Gasteiger partial charge is 0.453 e. The molecule has 1 unspecified atom stereocenters. The smallest absolute Gasteiger partial charge is 0.406 e. The van der Waals surface area contributed by atoms with Gasteiger partial charge in [0.2, 0.25) is 0 Å². The van der Waals surface area contributed by atoms with Gasteiger partial charge in [-0.2, -0.15) is 0 Å². The van der Waals surface area contributed by atoms with Gasteiger partial charge in [0.05, 0.1) is 20.0 Å². The van der Waals surface area contributed by atoms with Gasteiger partial charge >= 0.3 is 11.8 Å². The van der Waals surface area contributed by atoms with Crippen molar-refractivity contribution in [3.63, 3.8) is 0 Å². The van der Waals surface area contributed by atoms with Crippen LogP contribution in [0.1, 0.15) is 26.7 Å². The third-order valence-electron chi connectivity index (χ3n) is 3.20. The van der Waals surface area contributed by atoms with Crippen LogP contribution in [-0.2, 0) is 18.9 Å². The number of nitrogens with one attached hydrogen (secondary N) is 1. The molecule has 2 fully saturated rings. The Bertz CT molecular complexity index is 387. The molecule has 0 bridgehead atoms. The number of methoxy groups -OCH3 is 1. The highest BCUT2D eigenvalue weighted by atomic mass is 16.8. The van der Waals surface area contributed by atoms with Gasteiger partial charge in [-0.25, -0.2) is 4.79 Å². The van der Waals surface area contributed by atoms with Crippen molar-refractivity contribution in [2.24, 2.45) is 0 Å². The van der Waals surface area contributed by atoms with E-state index in [1.54, 1.807) is 0 Å². The maximum Gasteiger partial charge on any atom is 0.406 e. The number of nitrogens with zero attached hydrogens (tertiary/aromatic N) is 1. The first-order valence-electron chi connectivity index (χ1n) is 6.17. The quantitative estimate of drug-likeness (QED) is 0.837. The summed E-state index contributed by atoms with van der Waals surface area (Å²) in [6.45, 7) is 9.43. The Hall–Kier alpha value is -1.36. The van der Waals surface area contributed by atoms with E-state index in [1.165, 1.54) is 7.11 Å². The van der Waals surface area contributed by atoms with E-state index < -0.39 is 23.9 Å². The summed E-state index contributed by atoms with van der Waals surface area (Å²) in [4.78, 5) is 14.8. The fourth-order valence-corrected chi connectivity index (χ4v) is 2.36. The van der Waals surface area contributed by atoms with Gasteiger partial charge in [0.1, 0.15) is 6.10 Å². The molecule has 1 N–H and O–H groups in total. The van der Waals surface area contributed by atoms with Crippen molar-refractivity contribution >= 4 is 6.09 Å². The lowest BCUT2D eigenvalue weighted by atomic mass is 10.1. The van der Waals surface area contributed by atoms with Crippen molar-refractivity contribution in [3.05, 3.63) is 4.85 Å². The summed E-state index contributed by atoms with van der Waals surface area (Å²) >= 11 is 0. The molecule has 0 saturated carbocycles. The molecule has 7 nitrogen and oxygen atoms in total. The molecule has 2 saturated heterocycles. The molecular formula is C12H19N2O5+. The van der Waals surface area contributed by atoms with Gasteiger partial charge in [-0.1, -0.05) is 0 Å². The first-order valence-corrected chi connectivity index (χ1v) is 6.17. The zero-order valence-electron chi connectivity index (χ0n) is 11.3. The lowest BCUT2D eigenvalue weighted by Gasteiger charge is -2.20. The highest BCUT2D eigenvalue weighted by Crippen LogP contribution is 2.43. The van der Waals surface area contributed by atoms with Crippen molar-refractivity contribution < 1.29 is 23.7 Å². The topological polar surface area (TPSA) is 70.4 Å². The minimum absolute atomic E-state index is 0.194. The van der Waals surface area contributed by atoms with Crippen molar-refractivity contribution in [1.29, 1.82) is 0 Å². The summed E-state index contributed by atoms with van der Waals surface area (Å²) in [5, 5.41) is 2.56. The normalized spacial score (nSPS) is 35.5. The van der Waals surface area contributed by atoms with E-state index in [-0.39, 0.29) is 6.10 Å². The number of amides is 1. The summed E-state index contributed by atoms with van der Waals surface area (Å²) in [7, 11) is 1.30. The van der Waals surface area contributed by atoms with Crippen LogP contribution in [0.5, 0.6) is 0 Å². The Labute approximate surface area is 112 Å². The number of hydrogen-bond donors (Lipinski definition) is 1. The molecule has 1 amide bonds. The lowest BCUT2D eigenvalue weighted by molar-refractivity contribution is -0.217. The van der Waals surface area contributed by atoms with Gasteiger partial charge in [0, 0.05) is 6.54 Å². The zero-order chi connectivity index (χ0) is 14.1. The second-order valence-corrected chi connectivity index (χ2v) is 5.11. The van der Waals surface area contributed by atoms with Crippen LogP contribution in [0.4, 0.5) is 4.79 Å². The van der Waals surface area contributed by atoms with Crippen molar-refractivity contribution in [2.75, 3.05) is 13.7 Å². The first kappa shape index (κ1) is 14.1. The number of rotatable bonds is 3. The zero-order valence-corrected chi connectivity index (χ0v) is 11.3. The number of ether oxygens (including phenoxy) is 4. The SMILES string of the molecule is C#[N+]C1(CCNC(=O)OC)C[C@H]2OC(C)(C)O[C@H]2O1. The summed E-state index contributed by atoms with van der Waals surface area (Å²) in [5.41, 5.74) is -0.882. The van der Waals surface area contributed by atoms with E-state index in [2.05, 4.69) is 14.9 Å². The van der Waals surface area contributed by atoms with Gasteiger partial charge in [0.25, 0.3) is 6.57 Å². The Balaban J connectivity index is 1.89. The third kappa shape index (κ3) is 2.97. The first-order chi connectivity index (χ1) is 8.90.